The number of unbranched alkanes of at least 4 members (excludes halogenated alkanes) is 17. The number of rotatable bonds is 46. The van der Waals surface area contributed by atoms with Crippen LogP contribution < -0.4 is 0 Å². The molecule has 1 atom stereocenters. The van der Waals surface area contributed by atoms with Crippen molar-refractivity contribution in [3.05, 3.63) is 109 Å². The monoisotopic (exact) mass is 901 g/mol. The molecule has 0 radical (unpaired) electrons. The molecular weight excluding hydrogens is 805 g/mol. The number of hydrogen-bond donors (Lipinski definition) is 0. The minimum Gasteiger partial charge on any atom is -0.462 e. The molecule has 0 rings (SSSR count). The fourth-order valence-electron chi connectivity index (χ4n) is 6.85. The fraction of sp³-hybridized carbons (Fsp3) is 0.644. The molecule has 0 amide bonds. The van der Waals surface area contributed by atoms with Gasteiger partial charge in [-0.05, 0) is 109 Å². The molecule has 0 aromatic rings. The Morgan fingerprint density at radius 1 is 0.323 bits per heavy atom. The first-order valence-electron chi connectivity index (χ1n) is 26.4. The second-order valence-corrected chi connectivity index (χ2v) is 17.0. The van der Waals surface area contributed by atoms with Crippen LogP contribution in [-0.4, -0.2) is 37.2 Å². The summed E-state index contributed by atoms with van der Waals surface area (Å²) in [5, 5.41) is 0. The van der Waals surface area contributed by atoms with E-state index < -0.39 is 6.10 Å². The smallest absolute Gasteiger partial charge is 0.306 e. The highest BCUT2D eigenvalue weighted by molar-refractivity contribution is 5.71. The zero-order valence-corrected chi connectivity index (χ0v) is 42.0. The van der Waals surface area contributed by atoms with Gasteiger partial charge in [0.15, 0.2) is 6.10 Å². The van der Waals surface area contributed by atoms with Gasteiger partial charge in [-0.2, -0.15) is 0 Å². The maximum absolute atomic E-state index is 12.8. The maximum atomic E-state index is 12.8. The van der Waals surface area contributed by atoms with Crippen molar-refractivity contribution in [2.75, 3.05) is 13.2 Å². The fourth-order valence-corrected chi connectivity index (χ4v) is 6.85. The number of carbonyl (C=O) groups excluding carboxylic acids is 3. The molecule has 0 N–H and O–H groups in total. The van der Waals surface area contributed by atoms with Gasteiger partial charge in [-0.25, -0.2) is 0 Å². The Morgan fingerprint density at radius 3 is 1.05 bits per heavy atom. The van der Waals surface area contributed by atoms with Crippen LogP contribution in [-0.2, 0) is 28.6 Å². The quantitative estimate of drug-likeness (QED) is 0.0262. The van der Waals surface area contributed by atoms with Gasteiger partial charge in [-0.1, -0.05) is 207 Å². The zero-order chi connectivity index (χ0) is 47.2. The molecule has 65 heavy (non-hydrogen) atoms. The van der Waals surface area contributed by atoms with Crippen LogP contribution in [0.3, 0.4) is 0 Å². The summed E-state index contributed by atoms with van der Waals surface area (Å²) in [4.78, 5) is 38.0. The average molecular weight is 901 g/mol. The molecule has 0 saturated carbocycles. The third kappa shape index (κ3) is 50.9. The van der Waals surface area contributed by atoms with E-state index in [1.807, 2.05) is 12.2 Å². The Kier molecular flexibility index (Phi) is 49.5. The van der Waals surface area contributed by atoms with Crippen LogP contribution in [0.4, 0.5) is 0 Å². The predicted octanol–water partition coefficient (Wildman–Crippen LogP) is 17.5. The number of allylic oxidation sites excluding steroid dienone is 18. The predicted molar refractivity (Wildman–Crippen MR) is 279 cm³/mol. The molecule has 0 heterocycles. The van der Waals surface area contributed by atoms with Crippen LogP contribution in [0.25, 0.3) is 0 Å². The van der Waals surface area contributed by atoms with Crippen LogP contribution in [0.5, 0.6) is 0 Å². The summed E-state index contributed by atoms with van der Waals surface area (Å²) in [7, 11) is 0. The van der Waals surface area contributed by atoms with Gasteiger partial charge >= 0.3 is 17.9 Å². The first-order chi connectivity index (χ1) is 32.0. The van der Waals surface area contributed by atoms with Gasteiger partial charge in [-0.15, -0.1) is 0 Å². The standard InChI is InChI=1S/C59H96O6/c1-4-7-10-13-16-19-22-25-27-28-29-30-32-34-37-40-43-46-49-52-58(61)64-55-56(54-63-57(60)51-48-45-42-39-36-33-24-21-18-15-12-9-6-3)65-59(62)53-50-47-44-41-38-35-31-26-23-20-17-14-11-8-5-2/h7,9-10,12,16,18-19,21,25-27,29-31,33,36,42,45,56H,4-6,8,11,13-15,17,20,22-24,28,32,34-35,37-41,43-44,46-55H2,1-3H3/b10-7-,12-9-,19-16-,21-18-,27-25-,30-29-,31-26-,36-33-,45-42-. The van der Waals surface area contributed by atoms with E-state index >= 15 is 0 Å². The topological polar surface area (TPSA) is 78.9 Å². The van der Waals surface area contributed by atoms with E-state index in [0.29, 0.717) is 19.3 Å². The number of esters is 3. The summed E-state index contributed by atoms with van der Waals surface area (Å²) >= 11 is 0. The lowest BCUT2D eigenvalue weighted by Gasteiger charge is -2.18. The average Bonchev–Trinajstić information content (AvgIpc) is 3.30. The third-order valence-corrected chi connectivity index (χ3v) is 10.8. The Morgan fingerprint density at radius 2 is 0.631 bits per heavy atom. The van der Waals surface area contributed by atoms with Gasteiger partial charge in [0.2, 0.25) is 0 Å². The highest BCUT2D eigenvalue weighted by Crippen LogP contribution is 2.13. The van der Waals surface area contributed by atoms with Crippen molar-refractivity contribution in [2.24, 2.45) is 0 Å². The molecule has 0 aliphatic rings. The molecular formula is C59H96O6. The van der Waals surface area contributed by atoms with Gasteiger partial charge in [0.05, 0.1) is 0 Å². The van der Waals surface area contributed by atoms with Crippen LogP contribution in [0, 0.1) is 0 Å². The largest absolute Gasteiger partial charge is 0.462 e. The van der Waals surface area contributed by atoms with Crippen LogP contribution >= 0.6 is 0 Å². The van der Waals surface area contributed by atoms with E-state index in [1.54, 1.807) is 0 Å². The molecule has 0 aliphatic heterocycles. The van der Waals surface area contributed by atoms with Gasteiger partial charge in [-0.3, -0.25) is 14.4 Å². The molecule has 368 valence electrons. The number of hydrogen-bond acceptors (Lipinski definition) is 6. The molecule has 6 nitrogen and oxygen atoms in total. The minimum absolute atomic E-state index is 0.113. The van der Waals surface area contributed by atoms with Crippen molar-refractivity contribution >= 4 is 17.9 Å². The van der Waals surface area contributed by atoms with E-state index in [-0.39, 0.29) is 37.5 Å². The SMILES string of the molecule is CC/C=C\C/C=C\C/C=C\C/C=C\CCCCCCCCC(=O)OCC(COC(=O)CC/C=C\C/C=C\C/C=C\C/C=C\CC)OC(=O)CCCCCCC/C=C\CCCCCCCC. The van der Waals surface area contributed by atoms with Crippen molar-refractivity contribution < 1.29 is 28.6 Å². The van der Waals surface area contributed by atoms with E-state index in [2.05, 4.69) is 118 Å². The van der Waals surface area contributed by atoms with E-state index in [9.17, 15) is 14.4 Å². The van der Waals surface area contributed by atoms with Crippen LogP contribution in [0.2, 0.25) is 0 Å². The normalized spacial score (nSPS) is 13.0. The Labute approximate surface area is 400 Å². The number of ether oxygens (including phenoxy) is 3. The Bertz CT molecular complexity index is 1360. The summed E-state index contributed by atoms with van der Waals surface area (Å²) in [6.07, 6.45) is 70.8. The van der Waals surface area contributed by atoms with E-state index in [0.717, 1.165) is 116 Å². The third-order valence-electron chi connectivity index (χ3n) is 10.8. The first-order valence-corrected chi connectivity index (χ1v) is 26.4. The summed E-state index contributed by atoms with van der Waals surface area (Å²) < 4.78 is 16.7. The lowest BCUT2D eigenvalue weighted by Crippen LogP contribution is -2.30. The van der Waals surface area contributed by atoms with Gasteiger partial charge in [0.1, 0.15) is 13.2 Å². The second-order valence-electron chi connectivity index (χ2n) is 17.0. The molecule has 0 bridgehead atoms. The first kappa shape index (κ1) is 61.1. The Hall–Kier alpha value is -3.93. The molecule has 0 fully saturated rings. The highest BCUT2D eigenvalue weighted by Gasteiger charge is 2.19. The molecule has 0 aromatic carbocycles. The van der Waals surface area contributed by atoms with Gasteiger partial charge < -0.3 is 14.2 Å². The summed E-state index contributed by atoms with van der Waals surface area (Å²) in [5.41, 5.74) is 0. The highest BCUT2D eigenvalue weighted by atomic mass is 16.6. The molecule has 0 saturated heterocycles. The summed E-state index contributed by atoms with van der Waals surface area (Å²) in [6, 6.07) is 0. The van der Waals surface area contributed by atoms with Crippen molar-refractivity contribution in [1.82, 2.24) is 0 Å². The molecule has 0 aliphatic carbocycles. The van der Waals surface area contributed by atoms with Gasteiger partial charge in [0, 0.05) is 19.3 Å². The van der Waals surface area contributed by atoms with Crippen LogP contribution in [0.1, 0.15) is 226 Å². The second kappa shape index (κ2) is 52.7. The van der Waals surface area contributed by atoms with Crippen molar-refractivity contribution in [1.29, 1.82) is 0 Å². The lowest BCUT2D eigenvalue weighted by atomic mass is 10.1. The van der Waals surface area contributed by atoms with E-state index in [4.69, 9.17) is 14.2 Å². The lowest BCUT2D eigenvalue weighted by molar-refractivity contribution is -0.166. The van der Waals surface area contributed by atoms with E-state index in [1.165, 1.54) is 64.2 Å². The van der Waals surface area contributed by atoms with Crippen molar-refractivity contribution in [3.8, 4) is 0 Å². The minimum atomic E-state index is -0.818. The Balaban J connectivity index is 4.49. The van der Waals surface area contributed by atoms with Crippen molar-refractivity contribution in [2.45, 2.75) is 232 Å². The molecule has 6 heteroatoms. The van der Waals surface area contributed by atoms with Crippen LogP contribution in [0.15, 0.2) is 109 Å². The van der Waals surface area contributed by atoms with Crippen molar-refractivity contribution in [3.63, 3.8) is 0 Å². The maximum Gasteiger partial charge on any atom is 0.306 e. The molecule has 1 unspecified atom stereocenters. The summed E-state index contributed by atoms with van der Waals surface area (Å²) in [5.74, 6) is -1.02. The molecule has 0 aromatic heterocycles. The molecule has 0 spiro atoms. The zero-order valence-electron chi connectivity index (χ0n) is 42.0. The van der Waals surface area contributed by atoms with Gasteiger partial charge in [0.25, 0.3) is 0 Å². The number of carbonyl (C=O) groups is 3. The summed E-state index contributed by atoms with van der Waals surface area (Å²) in [6.45, 7) is 6.31.